The minimum absolute atomic E-state index is 0.0270. The standard InChI is InChI=1S/C16H18ClNO3S/c1-10(22)15-12(7-4-8-13(15)17)16(21)18(9-14(19)20)11-5-2-3-6-11/h4,7-8,11H,2-3,5-6,9H2,1H3,(H,19,20). The van der Waals surface area contributed by atoms with Crippen LogP contribution < -0.4 is 0 Å². The third-order valence-electron chi connectivity index (χ3n) is 3.93. The number of thiocarbonyl (C=S) groups is 1. The fourth-order valence-electron chi connectivity index (χ4n) is 2.94. The lowest BCUT2D eigenvalue weighted by atomic mass is 10.0. The smallest absolute Gasteiger partial charge is 0.323 e. The molecule has 1 saturated carbocycles. The monoisotopic (exact) mass is 339 g/mol. The molecule has 0 atom stereocenters. The minimum atomic E-state index is -1.01. The third kappa shape index (κ3) is 3.65. The van der Waals surface area contributed by atoms with E-state index in [0.29, 0.717) is 21.0 Å². The van der Waals surface area contributed by atoms with Crippen LogP contribution in [-0.4, -0.2) is 39.3 Å². The highest BCUT2D eigenvalue weighted by Gasteiger charge is 2.30. The fraction of sp³-hybridized carbons (Fsp3) is 0.438. The zero-order chi connectivity index (χ0) is 16.3. The van der Waals surface area contributed by atoms with E-state index in [2.05, 4.69) is 0 Å². The lowest BCUT2D eigenvalue weighted by Gasteiger charge is -2.28. The maximum Gasteiger partial charge on any atom is 0.323 e. The maximum absolute atomic E-state index is 12.9. The van der Waals surface area contributed by atoms with Gasteiger partial charge >= 0.3 is 5.97 Å². The van der Waals surface area contributed by atoms with Crippen LogP contribution in [0.4, 0.5) is 0 Å². The molecule has 1 aromatic carbocycles. The first kappa shape index (κ1) is 16.9. The zero-order valence-electron chi connectivity index (χ0n) is 12.3. The average molecular weight is 340 g/mol. The van der Waals surface area contributed by atoms with Gasteiger partial charge in [0.1, 0.15) is 6.54 Å². The molecule has 1 aliphatic carbocycles. The van der Waals surface area contributed by atoms with E-state index in [1.165, 1.54) is 4.90 Å². The van der Waals surface area contributed by atoms with E-state index in [1.54, 1.807) is 25.1 Å². The normalized spacial score (nSPS) is 14.8. The van der Waals surface area contributed by atoms with Gasteiger partial charge in [-0.1, -0.05) is 42.7 Å². The van der Waals surface area contributed by atoms with E-state index >= 15 is 0 Å². The molecule has 4 nitrogen and oxygen atoms in total. The minimum Gasteiger partial charge on any atom is -0.480 e. The summed E-state index contributed by atoms with van der Waals surface area (Å²) in [6, 6.07) is 5.00. The molecule has 118 valence electrons. The largest absolute Gasteiger partial charge is 0.480 e. The molecule has 0 unspecified atom stereocenters. The number of nitrogens with zero attached hydrogens (tertiary/aromatic N) is 1. The van der Waals surface area contributed by atoms with Gasteiger partial charge in [-0.3, -0.25) is 9.59 Å². The Labute approximate surface area is 140 Å². The molecule has 0 radical (unpaired) electrons. The molecule has 1 N–H and O–H groups in total. The molecule has 2 rings (SSSR count). The Morgan fingerprint density at radius 2 is 2.00 bits per heavy atom. The van der Waals surface area contributed by atoms with Crippen LogP contribution in [-0.2, 0) is 4.79 Å². The van der Waals surface area contributed by atoms with Crippen LogP contribution in [0.25, 0.3) is 0 Å². The second kappa shape index (κ2) is 7.20. The van der Waals surface area contributed by atoms with Crippen molar-refractivity contribution in [2.45, 2.75) is 38.6 Å². The number of carbonyl (C=O) groups excluding carboxylic acids is 1. The molecular formula is C16H18ClNO3S. The predicted molar refractivity (Wildman–Crippen MR) is 89.8 cm³/mol. The Bertz CT molecular complexity index is 611. The highest BCUT2D eigenvalue weighted by molar-refractivity contribution is 7.80. The van der Waals surface area contributed by atoms with Crippen LogP contribution in [0.3, 0.4) is 0 Å². The maximum atomic E-state index is 12.9. The van der Waals surface area contributed by atoms with E-state index in [-0.39, 0.29) is 18.5 Å². The van der Waals surface area contributed by atoms with Crippen molar-refractivity contribution >= 4 is 40.6 Å². The van der Waals surface area contributed by atoms with E-state index < -0.39 is 5.97 Å². The summed E-state index contributed by atoms with van der Waals surface area (Å²) in [4.78, 5) is 26.0. The topological polar surface area (TPSA) is 57.6 Å². The first-order valence-corrected chi connectivity index (χ1v) is 8.02. The summed E-state index contributed by atoms with van der Waals surface area (Å²) < 4.78 is 0. The summed E-state index contributed by atoms with van der Waals surface area (Å²) in [7, 11) is 0. The predicted octanol–water partition coefficient (Wildman–Crippen LogP) is 3.55. The first-order valence-electron chi connectivity index (χ1n) is 7.24. The van der Waals surface area contributed by atoms with Crippen LogP contribution in [0.2, 0.25) is 5.02 Å². The Morgan fingerprint density at radius 1 is 1.36 bits per heavy atom. The van der Waals surface area contributed by atoms with Gasteiger partial charge in [0.25, 0.3) is 5.91 Å². The van der Waals surface area contributed by atoms with Crippen LogP contribution in [0, 0.1) is 0 Å². The van der Waals surface area contributed by atoms with Crippen molar-refractivity contribution in [3.8, 4) is 0 Å². The number of carboxylic acids is 1. The van der Waals surface area contributed by atoms with Gasteiger partial charge in [-0.15, -0.1) is 0 Å². The number of halogens is 1. The molecule has 1 amide bonds. The number of rotatable bonds is 5. The lowest BCUT2D eigenvalue weighted by Crippen LogP contribution is -2.42. The van der Waals surface area contributed by atoms with Crippen molar-refractivity contribution in [1.82, 2.24) is 4.90 Å². The summed E-state index contributed by atoms with van der Waals surface area (Å²) >= 11 is 11.4. The van der Waals surface area contributed by atoms with Gasteiger partial charge < -0.3 is 10.0 Å². The SMILES string of the molecule is CC(=S)c1c(Cl)cccc1C(=O)N(CC(=O)O)C1CCCC1. The zero-order valence-corrected chi connectivity index (χ0v) is 13.9. The van der Waals surface area contributed by atoms with Crippen molar-refractivity contribution in [3.63, 3.8) is 0 Å². The number of carboxylic acid groups (broad SMARTS) is 1. The van der Waals surface area contributed by atoms with Gasteiger partial charge in [-0.2, -0.15) is 0 Å². The van der Waals surface area contributed by atoms with Gasteiger partial charge in [0.05, 0.1) is 0 Å². The van der Waals surface area contributed by atoms with E-state index in [9.17, 15) is 9.59 Å². The molecule has 0 aliphatic heterocycles. The highest BCUT2D eigenvalue weighted by atomic mass is 35.5. The summed E-state index contributed by atoms with van der Waals surface area (Å²) in [6.45, 7) is 1.41. The van der Waals surface area contributed by atoms with Crippen molar-refractivity contribution in [2.75, 3.05) is 6.54 Å². The Kier molecular flexibility index (Phi) is 5.53. The number of benzene rings is 1. The number of aliphatic carboxylic acids is 1. The summed E-state index contributed by atoms with van der Waals surface area (Å²) in [6.07, 6.45) is 3.71. The number of hydrogen-bond donors (Lipinski definition) is 1. The fourth-order valence-corrected chi connectivity index (χ4v) is 3.54. The summed E-state index contributed by atoms with van der Waals surface area (Å²) in [5, 5.41) is 9.54. The third-order valence-corrected chi connectivity index (χ3v) is 4.45. The second-order valence-electron chi connectivity index (χ2n) is 5.48. The van der Waals surface area contributed by atoms with Crippen LogP contribution in [0.1, 0.15) is 48.5 Å². The molecule has 0 saturated heterocycles. The summed E-state index contributed by atoms with van der Waals surface area (Å²) in [5.74, 6) is -1.32. The molecule has 0 bridgehead atoms. The molecule has 0 heterocycles. The quantitative estimate of drug-likeness (QED) is 0.658. The van der Waals surface area contributed by atoms with Gasteiger partial charge in [0, 0.05) is 27.1 Å². The summed E-state index contributed by atoms with van der Waals surface area (Å²) in [5.41, 5.74) is 0.908. The van der Waals surface area contributed by atoms with E-state index in [4.69, 9.17) is 28.9 Å². The molecule has 1 fully saturated rings. The molecule has 1 aliphatic rings. The van der Waals surface area contributed by atoms with E-state index in [0.717, 1.165) is 25.7 Å². The lowest BCUT2D eigenvalue weighted by molar-refractivity contribution is -0.138. The van der Waals surface area contributed by atoms with Gasteiger partial charge in [0.2, 0.25) is 0 Å². The van der Waals surface area contributed by atoms with Gasteiger partial charge in [-0.25, -0.2) is 0 Å². The van der Waals surface area contributed by atoms with Gasteiger partial charge in [0.15, 0.2) is 0 Å². The first-order chi connectivity index (χ1) is 10.4. The van der Waals surface area contributed by atoms with Crippen LogP contribution in [0.5, 0.6) is 0 Å². The van der Waals surface area contributed by atoms with Crippen molar-refractivity contribution in [3.05, 3.63) is 34.3 Å². The van der Waals surface area contributed by atoms with Crippen molar-refractivity contribution in [2.24, 2.45) is 0 Å². The number of hydrogen-bond acceptors (Lipinski definition) is 3. The Morgan fingerprint density at radius 3 is 2.55 bits per heavy atom. The average Bonchev–Trinajstić information content (AvgIpc) is 2.97. The molecular weight excluding hydrogens is 322 g/mol. The Hall–Kier alpha value is -1.46. The molecule has 22 heavy (non-hydrogen) atoms. The van der Waals surface area contributed by atoms with Crippen LogP contribution in [0.15, 0.2) is 18.2 Å². The highest BCUT2D eigenvalue weighted by Crippen LogP contribution is 2.27. The second-order valence-corrected chi connectivity index (χ2v) is 6.50. The molecule has 6 heteroatoms. The van der Waals surface area contributed by atoms with E-state index in [1.807, 2.05) is 0 Å². The van der Waals surface area contributed by atoms with Crippen molar-refractivity contribution in [1.29, 1.82) is 0 Å². The molecule has 0 aromatic heterocycles. The number of carbonyl (C=O) groups is 2. The molecule has 1 aromatic rings. The Balaban J connectivity index is 2.40. The van der Waals surface area contributed by atoms with Crippen molar-refractivity contribution < 1.29 is 14.7 Å². The number of amides is 1. The molecule has 0 spiro atoms. The van der Waals surface area contributed by atoms with Crippen LogP contribution >= 0.6 is 23.8 Å². The van der Waals surface area contributed by atoms with Gasteiger partial charge in [-0.05, 0) is 31.9 Å².